The van der Waals surface area contributed by atoms with Gasteiger partial charge in [-0.15, -0.1) is 0 Å². The summed E-state index contributed by atoms with van der Waals surface area (Å²) in [6.07, 6.45) is 1.38. The van der Waals surface area contributed by atoms with Crippen LogP contribution in [0.5, 0.6) is 23.0 Å². The van der Waals surface area contributed by atoms with Crippen molar-refractivity contribution in [1.82, 2.24) is 9.73 Å². The van der Waals surface area contributed by atoms with Gasteiger partial charge in [-0.05, 0) is 36.8 Å². The minimum atomic E-state index is -3.95. The van der Waals surface area contributed by atoms with Crippen molar-refractivity contribution in [3.05, 3.63) is 41.5 Å². The van der Waals surface area contributed by atoms with Crippen molar-refractivity contribution in [2.75, 3.05) is 42.0 Å². The molecule has 1 N–H and O–H groups in total. The smallest absolute Gasteiger partial charge is 0.255 e. The summed E-state index contributed by atoms with van der Waals surface area (Å²) in [7, 11) is 3.20. The summed E-state index contributed by atoms with van der Waals surface area (Å²) >= 11 is 0. The van der Waals surface area contributed by atoms with E-state index in [1.54, 1.807) is 31.2 Å². The van der Waals surface area contributed by atoms with Gasteiger partial charge in [0.2, 0.25) is 15.8 Å². The van der Waals surface area contributed by atoms with Gasteiger partial charge in [0.1, 0.15) is 10.6 Å². The van der Waals surface area contributed by atoms with Crippen molar-refractivity contribution in [3.63, 3.8) is 0 Å². The van der Waals surface area contributed by atoms with Crippen LogP contribution in [0.2, 0.25) is 0 Å². The molecular weight excluding hydrogens is 438 g/mol. The molecule has 0 heterocycles. The molecule has 0 bridgehead atoms. The van der Waals surface area contributed by atoms with Gasteiger partial charge in [-0.3, -0.25) is 4.79 Å². The van der Waals surface area contributed by atoms with Crippen LogP contribution >= 0.6 is 0 Å². The molecule has 2 aromatic carbocycles. The first kappa shape index (κ1) is 25.0. The lowest BCUT2D eigenvalue weighted by Gasteiger charge is -2.18. The number of methoxy groups -OCH3 is 4. The molecule has 0 aliphatic rings. The fourth-order valence-electron chi connectivity index (χ4n) is 2.83. The molecule has 0 atom stereocenters. The SMILES string of the molecule is COc1ccc(C)cc1S(=O)(=O)N(C)CC(=O)N/N=C/c1cc(OC)c(OC)c(OC)c1. The number of carbonyl (C=O) groups excluding carboxylic acids is 1. The van der Waals surface area contributed by atoms with Gasteiger partial charge in [0.05, 0.1) is 41.2 Å². The highest BCUT2D eigenvalue weighted by atomic mass is 32.2. The standard InChI is InChI=1S/C21H27N3O7S/c1-14-7-8-16(28-3)19(9-14)32(26,27)24(2)13-20(25)23-22-12-15-10-17(29-4)21(31-6)18(11-15)30-5/h7-12H,13H2,1-6H3,(H,23,25)/b22-12+. The van der Waals surface area contributed by atoms with Crippen LogP contribution < -0.4 is 24.4 Å². The molecule has 0 aliphatic carbocycles. The van der Waals surface area contributed by atoms with E-state index in [1.165, 1.54) is 47.8 Å². The second kappa shape index (κ2) is 10.8. The van der Waals surface area contributed by atoms with Crippen LogP contribution in [0.1, 0.15) is 11.1 Å². The molecular formula is C21H27N3O7S. The highest BCUT2D eigenvalue weighted by Gasteiger charge is 2.26. The molecule has 1 amide bonds. The Morgan fingerprint density at radius 3 is 2.12 bits per heavy atom. The van der Waals surface area contributed by atoms with E-state index < -0.39 is 22.5 Å². The molecule has 0 saturated carbocycles. The van der Waals surface area contributed by atoms with Crippen molar-refractivity contribution in [2.45, 2.75) is 11.8 Å². The van der Waals surface area contributed by atoms with E-state index in [0.29, 0.717) is 22.8 Å². The van der Waals surface area contributed by atoms with Gasteiger partial charge in [0, 0.05) is 12.6 Å². The zero-order valence-corrected chi connectivity index (χ0v) is 19.6. The monoisotopic (exact) mass is 465 g/mol. The lowest BCUT2D eigenvalue weighted by molar-refractivity contribution is -0.121. The lowest BCUT2D eigenvalue weighted by atomic mass is 10.2. The van der Waals surface area contributed by atoms with Crippen LogP contribution in [0.3, 0.4) is 0 Å². The molecule has 0 saturated heterocycles. The van der Waals surface area contributed by atoms with E-state index in [9.17, 15) is 13.2 Å². The Morgan fingerprint density at radius 1 is 1.00 bits per heavy atom. The Labute approximate surface area is 187 Å². The Balaban J connectivity index is 2.11. The summed E-state index contributed by atoms with van der Waals surface area (Å²) < 4.78 is 47.6. The lowest BCUT2D eigenvalue weighted by Crippen LogP contribution is -2.36. The number of rotatable bonds is 10. The minimum absolute atomic E-state index is 0.0174. The van der Waals surface area contributed by atoms with Crippen LogP contribution in [0.25, 0.3) is 0 Å². The Kier molecular flexibility index (Phi) is 8.44. The van der Waals surface area contributed by atoms with Gasteiger partial charge < -0.3 is 18.9 Å². The van der Waals surface area contributed by atoms with Crippen LogP contribution in [-0.2, 0) is 14.8 Å². The van der Waals surface area contributed by atoms with Gasteiger partial charge in [-0.2, -0.15) is 9.41 Å². The largest absolute Gasteiger partial charge is 0.495 e. The van der Waals surface area contributed by atoms with E-state index in [0.717, 1.165) is 9.87 Å². The van der Waals surface area contributed by atoms with Crippen molar-refractivity contribution in [1.29, 1.82) is 0 Å². The zero-order valence-electron chi connectivity index (χ0n) is 18.8. The molecule has 10 nitrogen and oxygen atoms in total. The summed E-state index contributed by atoms with van der Waals surface area (Å²) in [5, 5.41) is 3.88. The Bertz CT molecular complexity index is 1080. The number of nitrogens with zero attached hydrogens (tertiary/aromatic N) is 2. The molecule has 32 heavy (non-hydrogen) atoms. The molecule has 2 rings (SSSR count). The fraction of sp³-hybridized carbons (Fsp3) is 0.333. The maximum Gasteiger partial charge on any atom is 0.255 e. The number of hydrogen-bond acceptors (Lipinski definition) is 8. The van der Waals surface area contributed by atoms with Gasteiger partial charge >= 0.3 is 0 Å². The normalized spacial score (nSPS) is 11.5. The van der Waals surface area contributed by atoms with Crippen LogP contribution in [0.4, 0.5) is 0 Å². The second-order valence-electron chi connectivity index (χ2n) is 6.67. The summed E-state index contributed by atoms with van der Waals surface area (Å²) in [5.41, 5.74) is 3.63. The third-order valence-corrected chi connectivity index (χ3v) is 6.29. The number of likely N-dealkylation sites (N-methyl/N-ethyl adjacent to an activating group) is 1. The van der Waals surface area contributed by atoms with Gasteiger partial charge in [0.25, 0.3) is 5.91 Å². The number of sulfonamides is 1. The Morgan fingerprint density at radius 2 is 1.59 bits per heavy atom. The number of amides is 1. The predicted molar refractivity (Wildman–Crippen MR) is 119 cm³/mol. The molecule has 11 heteroatoms. The number of hydrogen-bond donors (Lipinski definition) is 1. The molecule has 0 radical (unpaired) electrons. The first-order valence-electron chi connectivity index (χ1n) is 9.40. The van der Waals surface area contributed by atoms with E-state index in [2.05, 4.69) is 10.5 Å². The van der Waals surface area contributed by atoms with E-state index in [4.69, 9.17) is 18.9 Å². The van der Waals surface area contributed by atoms with Crippen LogP contribution in [-0.4, -0.2) is 66.9 Å². The predicted octanol–water partition coefficient (Wildman–Crippen LogP) is 1.80. The van der Waals surface area contributed by atoms with Gasteiger partial charge in [-0.25, -0.2) is 13.8 Å². The van der Waals surface area contributed by atoms with E-state index in [1.807, 2.05) is 0 Å². The first-order chi connectivity index (χ1) is 15.2. The number of benzene rings is 2. The van der Waals surface area contributed by atoms with Crippen molar-refractivity contribution in [2.24, 2.45) is 5.10 Å². The topological polar surface area (TPSA) is 116 Å². The molecule has 0 fully saturated rings. The van der Waals surface area contributed by atoms with Crippen LogP contribution in [0.15, 0.2) is 40.3 Å². The summed E-state index contributed by atoms with van der Waals surface area (Å²) in [4.78, 5) is 12.2. The average molecular weight is 466 g/mol. The van der Waals surface area contributed by atoms with Crippen molar-refractivity contribution in [3.8, 4) is 23.0 Å². The average Bonchev–Trinajstić information content (AvgIpc) is 2.78. The number of aryl methyl sites for hydroxylation is 1. The minimum Gasteiger partial charge on any atom is -0.495 e. The van der Waals surface area contributed by atoms with Gasteiger partial charge in [-0.1, -0.05) is 6.07 Å². The third-order valence-electron chi connectivity index (χ3n) is 4.46. The first-order valence-corrected chi connectivity index (χ1v) is 10.8. The molecule has 0 aliphatic heterocycles. The number of ether oxygens (including phenoxy) is 4. The van der Waals surface area contributed by atoms with Crippen molar-refractivity contribution >= 4 is 22.1 Å². The number of hydrazone groups is 1. The molecule has 174 valence electrons. The summed E-state index contributed by atoms with van der Waals surface area (Å²) in [5.74, 6) is 0.861. The molecule has 0 spiro atoms. The van der Waals surface area contributed by atoms with Gasteiger partial charge in [0.15, 0.2) is 11.5 Å². The second-order valence-corrected chi connectivity index (χ2v) is 8.68. The third kappa shape index (κ3) is 5.68. The van der Waals surface area contributed by atoms with E-state index in [-0.39, 0.29) is 10.6 Å². The fourth-order valence-corrected chi connectivity index (χ4v) is 4.19. The highest BCUT2D eigenvalue weighted by Crippen LogP contribution is 2.37. The summed E-state index contributed by atoms with van der Waals surface area (Å²) in [6, 6.07) is 8.10. The number of carbonyl (C=O) groups is 1. The van der Waals surface area contributed by atoms with Crippen LogP contribution in [0, 0.1) is 6.92 Å². The quantitative estimate of drug-likeness (QED) is 0.420. The maximum atomic E-state index is 12.9. The molecule has 2 aromatic rings. The Hall–Kier alpha value is -3.31. The summed E-state index contributed by atoms with van der Waals surface area (Å²) in [6.45, 7) is 1.33. The van der Waals surface area contributed by atoms with Crippen molar-refractivity contribution < 1.29 is 32.2 Å². The highest BCUT2D eigenvalue weighted by molar-refractivity contribution is 7.89. The maximum absolute atomic E-state index is 12.9. The number of nitrogens with one attached hydrogen (secondary N) is 1. The van der Waals surface area contributed by atoms with E-state index >= 15 is 0 Å². The zero-order chi connectivity index (χ0) is 23.9. The molecule has 0 aromatic heterocycles. The molecule has 0 unspecified atom stereocenters.